The minimum Gasteiger partial charge on any atom is -0.494 e. The SMILES string of the molecule is CCCOc1ccc(NCC(C(=O)O)C(F)(F)F)cc1. The number of carboxylic acids is 1. The molecule has 1 atom stereocenters. The number of rotatable bonds is 7. The van der Waals surface area contributed by atoms with Crippen LogP contribution in [0, 0.1) is 5.92 Å². The van der Waals surface area contributed by atoms with Gasteiger partial charge in [0.1, 0.15) is 5.75 Å². The van der Waals surface area contributed by atoms with E-state index in [1.54, 1.807) is 24.3 Å². The first-order chi connectivity index (χ1) is 9.34. The van der Waals surface area contributed by atoms with Crippen molar-refractivity contribution < 1.29 is 27.8 Å². The molecule has 0 saturated heterocycles. The Balaban J connectivity index is 2.58. The molecule has 7 heteroatoms. The maximum atomic E-state index is 12.4. The normalized spacial score (nSPS) is 12.8. The number of aliphatic carboxylic acids is 1. The molecule has 0 aliphatic rings. The van der Waals surface area contributed by atoms with Crippen molar-refractivity contribution in [2.24, 2.45) is 5.92 Å². The summed E-state index contributed by atoms with van der Waals surface area (Å²) < 4.78 is 42.6. The second-order valence-corrected chi connectivity index (χ2v) is 4.19. The summed E-state index contributed by atoms with van der Waals surface area (Å²) >= 11 is 0. The van der Waals surface area contributed by atoms with Crippen LogP contribution in [-0.4, -0.2) is 30.4 Å². The van der Waals surface area contributed by atoms with Crippen molar-refractivity contribution in [1.29, 1.82) is 0 Å². The topological polar surface area (TPSA) is 58.6 Å². The summed E-state index contributed by atoms with van der Waals surface area (Å²) in [6.45, 7) is 1.80. The van der Waals surface area contributed by atoms with Crippen LogP contribution in [0.5, 0.6) is 5.75 Å². The van der Waals surface area contributed by atoms with Crippen LogP contribution in [-0.2, 0) is 4.79 Å². The van der Waals surface area contributed by atoms with Gasteiger partial charge in [0, 0.05) is 12.2 Å². The standard InChI is InChI=1S/C13H16F3NO3/c1-2-7-20-10-5-3-9(4-6-10)17-8-11(12(18)19)13(14,15)16/h3-6,11,17H,2,7-8H2,1H3,(H,18,19). The van der Waals surface area contributed by atoms with E-state index in [2.05, 4.69) is 5.32 Å². The molecule has 112 valence electrons. The number of alkyl halides is 3. The van der Waals surface area contributed by atoms with Crippen molar-refractivity contribution in [1.82, 2.24) is 0 Å². The van der Waals surface area contributed by atoms with Gasteiger partial charge < -0.3 is 15.2 Å². The molecule has 0 spiro atoms. The number of hydrogen-bond donors (Lipinski definition) is 2. The van der Waals surface area contributed by atoms with Gasteiger partial charge in [-0.2, -0.15) is 13.2 Å². The van der Waals surface area contributed by atoms with Gasteiger partial charge in [-0.1, -0.05) is 6.92 Å². The molecule has 0 bridgehead atoms. The fourth-order valence-electron chi connectivity index (χ4n) is 1.45. The molecular weight excluding hydrogens is 275 g/mol. The molecule has 1 unspecified atom stereocenters. The van der Waals surface area contributed by atoms with Crippen molar-refractivity contribution in [3.8, 4) is 5.75 Å². The number of carboxylic acid groups (broad SMARTS) is 1. The quantitative estimate of drug-likeness (QED) is 0.810. The van der Waals surface area contributed by atoms with E-state index in [1.165, 1.54) is 0 Å². The average Bonchev–Trinajstić information content (AvgIpc) is 2.36. The molecule has 4 nitrogen and oxygen atoms in total. The molecule has 0 aromatic heterocycles. The average molecular weight is 291 g/mol. The number of carbonyl (C=O) groups is 1. The number of nitrogens with one attached hydrogen (secondary N) is 1. The minimum absolute atomic E-state index is 0.407. The molecule has 0 aliphatic carbocycles. The lowest BCUT2D eigenvalue weighted by Crippen LogP contribution is -2.36. The summed E-state index contributed by atoms with van der Waals surface area (Å²) in [6, 6.07) is 6.31. The minimum atomic E-state index is -4.77. The highest BCUT2D eigenvalue weighted by molar-refractivity contribution is 5.71. The van der Waals surface area contributed by atoms with Crippen LogP contribution in [0.1, 0.15) is 13.3 Å². The molecule has 2 N–H and O–H groups in total. The van der Waals surface area contributed by atoms with Gasteiger partial charge in [-0.15, -0.1) is 0 Å². The predicted octanol–water partition coefficient (Wildman–Crippen LogP) is 3.15. The Kier molecular flexibility index (Phi) is 5.66. The predicted molar refractivity (Wildman–Crippen MR) is 67.9 cm³/mol. The van der Waals surface area contributed by atoms with Crippen LogP contribution in [0.4, 0.5) is 18.9 Å². The lowest BCUT2D eigenvalue weighted by molar-refractivity contribution is -0.190. The van der Waals surface area contributed by atoms with Crippen LogP contribution >= 0.6 is 0 Å². The summed E-state index contributed by atoms with van der Waals surface area (Å²) in [5, 5.41) is 11.0. The Labute approximate surface area is 114 Å². The van der Waals surface area contributed by atoms with Crippen molar-refractivity contribution >= 4 is 11.7 Å². The lowest BCUT2D eigenvalue weighted by atomic mass is 10.1. The fraction of sp³-hybridized carbons (Fsp3) is 0.462. The molecule has 0 heterocycles. The van der Waals surface area contributed by atoms with Gasteiger partial charge in [-0.3, -0.25) is 4.79 Å². The van der Waals surface area contributed by atoms with E-state index in [1.807, 2.05) is 6.92 Å². The first-order valence-corrected chi connectivity index (χ1v) is 6.11. The smallest absolute Gasteiger partial charge is 0.403 e. The zero-order valence-electron chi connectivity index (χ0n) is 10.9. The van der Waals surface area contributed by atoms with E-state index < -0.39 is 24.6 Å². The number of halogens is 3. The Morgan fingerprint density at radius 2 is 1.95 bits per heavy atom. The zero-order chi connectivity index (χ0) is 15.2. The van der Waals surface area contributed by atoms with Crippen molar-refractivity contribution in [3.63, 3.8) is 0 Å². The monoisotopic (exact) mass is 291 g/mol. The third-order valence-corrected chi connectivity index (χ3v) is 2.53. The van der Waals surface area contributed by atoms with E-state index in [-0.39, 0.29) is 0 Å². The van der Waals surface area contributed by atoms with E-state index in [0.717, 1.165) is 6.42 Å². The summed E-state index contributed by atoms with van der Waals surface area (Å²) in [6.07, 6.45) is -3.92. The molecule has 1 rings (SSSR count). The zero-order valence-corrected chi connectivity index (χ0v) is 10.9. The lowest BCUT2D eigenvalue weighted by Gasteiger charge is -2.17. The van der Waals surface area contributed by atoms with Crippen molar-refractivity contribution in [2.45, 2.75) is 19.5 Å². The molecule has 20 heavy (non-hydrogen) atoms. The third kappa shape index (κ3) is 4.99. The largest absolute Gasteiger partial charge is 0.494 e. The maximum Gasteiger partial charge on any atom is 0.403 e. The molecular formula is C13H16F3NO3. The van der Waals surface area contributed by atoms with E-state index >= 15 is 0 Å². The van der Waals surface area contributed by atoms with Crippen molar-refractivity contribution in [2.75, 3.05) is 18.5 Å². The number of hydrogen-bond acceptors (Lipinski definition) is 3. The molecule has 0 fully saturated rings. The highest BCUT2D eigenvalue weighted by Crippen LogP contribution is 2.27. The van der Waals surface area contributed by atoms with Crippen LogP contribution in [0.2, 0.25) is 0 Å². The highest BCUT2D eigenvalue weighted by Gasteiger charge is 2.44. The molecule has 1 aromatic rings. The molecule has 0 amide bonds. The second-order valence-electron chi connectivity index (χ2n) is 4.19. The Morgan fingerprint density at radius 3 is 2.40 bits per heavy atom. The molecule has 0 radical (unpaired) electrons. The van der Waals surface area contributed by atoms with E-state index in [0.29, 0.717) is 18.0 Å². The van der Waals surface area contributed by atoms with Crippen molar-refractivity contribution in [3.05, 3.63) is 24.3 Å². The first kappa shape index (κ1) is 16.1. The summed E-state index contributed by atoms with van der Waals surface area (Å²) in [7, 11) is 0. The van der Waals surface area contributed by atoms with E-state index in [4.69, 9.17) is 9.84 Å². The van der Waals surface area contributed by atoms with Gasteiger partial charge >= 0.3 is 12.1 Å². The molecule has 0 saturated carbocycles. The second kappa shape index (κ2) is 7.02. The maximum absolute atomic E-state index is 12.4. The number of ether oxygens (including phenoxy) is 1. The Bertz CT molecular complexity index is 431. The fourth-order valence-corrected chi connectivity index (χ4v) is 1.45. The Hall–Kier alpha value is -1.92. The molecule has 0 aliphatic heterocycles. The number of anilines is 1. The van der Waals surface area contributed by atoms with Crippen LogP contribution in [0.3, 0.4) is 0 Å². The van der Waals surface area contributed by atoms with Crippen LogP contribution in [0.25, 0.3) is 0 Å². The number of benzene rings is 1. The molecule has 1 aromatic carbocycles. The van der Waals surface area contributed by atoms with Crippen LogP contribution in [0.15, 0.2) is 24.3 Å². The summed E-state index contributed by atoms with van der Waals surface area (Å²) in [4.78, 5) is 10.6. The Morgan fingerprint density at radius 1 is 1.35 bits per heavy atom. The van der Waals surface area contributed by atoms with Gasteiger partial charge in [-0.25, -0.2) is 0 Å². The highest BCUT2D eigenvalue weighted by atomic mass is 19.4. The summed E-state index contributed by atoms with van der Waals surface area (Å²) in [5.41, 5.74) is 0.407. The van der Waals surface area contributed by atoms with Gasteiger partial charge in [-0.05, 0) is 30.7 Å². The first-order valence-electron chi connectivity index (χ1n) is 6.11. The van der Waals surface area contributed by atoms with E-state index in [9.17, 15) is 18.0 Å². The van der Waals surface area contributed by atoms with Gasteiger partial charge in [0.15, 0.2) is 5.92 Å². The van der Waals surface area contributed by atoms with Gasteiger partial charge in [0.25, 0.3) is 0 Å². The van der Waals surface area contributed by atoms with Gasteiger partial charge in [0.05, 0.1) is 6.61 Å². The third-order valence-electron chi connectivity index (χ3n) is 2.53. The van der Waals surface area contributed by atoms with Crippen LogP contribution < -0.4 is 10.1 Å². The van der Waals surface area contributed by atoms with Gasteiger partial charge in [0.2, 0.25) is 0 Å². The summed E-state index contributed by atoms with van der Waals surface area (Å²) in [5.74, 6) is -3.71.